The van der Waals surface area contributed by atoms with E-state index in [1.54, 1.807) is 32.0 Å². The first kappa shape index (κ1) is 27.6. The van der Waals surface area contributed by atoms with Gasteiger partial charge in [-0.3, -0.25) is 13.9 Å². The number of nitrogens with one attached hydrogen (secondary N) is 1. The van der Waals surface area contributed by atoms with Gasteiger partial charge in [-0.2, -0.15) is 0 Å². The largest absolute Gasteiger partial charge is 0.354 e. The lowest BCUT2D eigenvalue weighted by Gasteiger charge is -2.32. The Morgan fingerprint density at radius 1 is 1.09 bits per heavy atom. The summed E-state index contributed by atoms with van der Waals surface area (Å²) in [5.74, 6) is -1.16. The molecule has 0 fully saturated rings. The number of carbonyl (C=O) groups is 2. The van der Waals surface area contributed by atoms with Gasteiger partial charge >= 0.3 is 0 Å². The summed E-state index contributed by atoms with van der Waals surface area (Å²) in [6.45, 7) is 7.04. The van der Waals surface area contributed by atoms with E-state index in [0.29, 0.717) is 22.7 Å². The van der Waals surface area contributed by atoms with Crippen molar-refractivity contribution in [3.63, 3.8) is 0 Å². The van der Waals surface area contributed by atoms with Gasteiger partial charge in [0.2, 0.25) is 21.8 Å². The topological polar surface area (TPSA) is 86.8 Å². The molecule has 0 aliphatic carbocycles. The fourth-order valence-corrected chi connectivity index (χ4v) is 4.35. The molecule has 0 saturated carbocycles. The van der Waals surface area contributed by atoms with E-state index in [9.17, 15) is 22.4 Å². The Hall–Kier alpha value is -2.65. The molecule has 0 aromatic heterocycles. The summed E-state index contributed by atoms with van der Waals surface area (Å²) in [5, 5.41) is 3.17. The number of rotatable bonds is 10. The summed E-state index contributed by atoms with van der Waals surface area (Å²) in [7, 11) is -3.85. The van der Waals surface area contributed by atoms with Crippen molar-refractivity contribution in [3.8, 4) is 0 Å². The average Bonchev–Trinajstić information content (AvgIpc) is 2.76. The van der Waals surface area contributed by atoms with E-state index in [2.05, 4.69) is 5.32 Å². The van der Waals surface area contributed by atoms with E-state index in [0.717, 1.165) is 10.6 Å². The summed E-state index contributed by atoms with van der Waals surface area (Å²) < 4.78 is 39.6. The molecule has 0 unspecified atom stereocenters. The third-order valence-electron chi connectivity index (χ3n) is 5.31. The first-order valence-corrected chi connectivity index (χ1v) is 13.1. The lowest BCUT2D eigenvalue weighted by molar-refractivity contribution is -0.139. The number of anilines is 1. The highest BCUT2D eigenvalue weighted by Crippen LogP contribution is 2.28. The van der Waals surface area contributed by atoms with E-state index in [4.69, 9.17) is 11.6 Å². The molecule has 2 aromatic rings. The molecule has 7 nitrogen and oxygen atoms in total. The first-order valence-electron chi connectivity index (χ1n) is 10.9. The fraction of sp³-hybridized carbons (Fsp3) is 0.417. The lowest BCUT2D eigenvalue weighted by atomic mass is 10.1. The van der Waals surface area contributed by atoms with Crippen LogP contribution in [0.25, 0.3) is 0 Å². The van der Waals surface area contributed by atoms with Crippen LogP contribution >= 0.6 is 11.6 Å². The number of hydrogen-bond donors (Lipinski definition) is 1. The maximum absolute atomic E-state index is 13.5. The molecule has 2 aromatic carbocycles. The van der Waals surface area contributed by atoms with Gasteiger partial charge in [0, 0.05) is 18.1 Å². The first-order chi connectivity index (χ1) is 15.8. The number of carbonyl (C=O) groups excluding carboxylic acids is 2. The molecule has 1 atom stereocenters. The predicted octanol–water partition coefficient (Wildman–Crippen LogP) is 3.74. The van der Waals surface area contributed by atoms with Crippen LogP contribution in [0, 0.1) is 18.7 Å². The zero-order valence-electron chi connectivity index (χ0n) is 20.0. The van der Waals surface area contributed by atoms with Crippen LogP contribution in [-0.2, 0) is 26.2 Å². The Morgan fingerprint density at radius 3 is 2.26 bits per heavy atom. The van der Waals surface area contributed by atoms with Crippen LogP contribution in [0.3, 0.4) is 0 Å². The minimum atomic E-state index is -3.85. The van der Waals surface area contributed by atoms with Crippen LogP contribution < -0.4 is 9.62 Å². The van der Waals surface area contributed by atoms with Gasteiger partial charge in [0.05, 0.1) is 11.9 Å². The summed E-state index contributed by atoms with van der Waals surface area (Å²) in [5.41, 5.74) is 1.39. The third kappa shape index (κ3) is 7.43. The molecule has 186 valence electrons. The molecular formula is C24H31ClFN3O4S. The van der Waals surface area contributed by atoms with Crippen molar-refractivity contribution in [2.75, 3.05) is 23.7 Å². The van der Waals surface area contributed by atoms with Gasteiger partial charge in [-0.15, -0.1) is 0 Å². The van der Waals surface area contributed by atoms with Crippen LogP contribution in [0.2, 0.25) is 5.02 Å². The van der Waals surface area contributed by atoms with Crippen LogP contribution in [0.5, 0.6) is 0 Å². The zero-order valence-corrected chi connectivity index (χ0v) is 21.6. The van der Waals surface area contributed by atoms with Gasteiger partial charge in [0.1, 0.15) is 18.4 Å². The molecule has 0 spiro atoms. The predicted molar refractivity (Wildman–Crippen MR) is 133 cm³/mol. The molecule has 34 heavy (non-hydrogen) atoms. The maximum Gasteiger partial charge on any atom is 0.244 e. The van der Waals surface area contributed by atoms with Gasteiger partial charge in [0.25, 0.3) is 0 Å². The van der Waals surface area contributed by atoms with Gasteiger partial charge in [-0.1, -0.05) is 43.6 Å². The van der Waals surface area contributed by atoms with Gasteiger partial charge in [-0.25, -0.2) is 12.8 Å². The smallest absolute Gasteiger partial charge is 0.244 e. The second-order valence-electron chi connectivity index (χ2n) is 8.62. The van der Waals surface area contributed by atoms with Crippen molar-refractivity contribution in [1.29, 1.82) is 0 Å². The normalized spacial score (nSPS) is 12.4. The van der Waals surface area contributed by atoms with E-state index in [1.165, 1.54) is 29.2 Å². The highest BCUT2D eigenvalue weighted by molar-refractivity contribution is 7.92. The molecular weight excluding hydrogens is 481 g/mol. The number of sulfonamides is 1. The van der Waals surface area contributed by atoms with E-state index in [-0.39, 0.29) is 24.1 Å². The maximum atomic E-state index is 13.5. The van der Waals surface area contributed by atoms with Crippen molar-refractivity contribution in [1.82, 2.24) is 10.2 Å². The highest BCUT2D eigenvalue weighted by Gasteiger charge is 2.30. The summed E-state index contributed by atoms with van der Waals surface area (Å²) in [4.78, 5) is 27.5. The molecule has 0 radical (unpaired) electrons. The second kappa shape index (κ2) is 11.7. The lowest BCUT2D eigenvalue weighted by Crippen LogP contribution is -2.51. The molecule has 0 saturated heterocycles. The van der Waals surface area contributed by atoms with Gasteiger partial charge in [0.15, 0.2) is 0 Å². The number of halogens is 2. The molecule has 0 heterocycles. The number of amides is 2. The SMILES string of the molecule is Cc1c(Cl)cccc1N(CC(=O)N(Cc1ccc(F)cc1)[C@@H](C)C(=O)NCC(C)C)S(C)(=O)=O. The minimum absolute atomic E-state index is 0.00150. The number of hydrogen-bond acceptors (Lipinski definition) is 4. The summed E-state index contributed by atoms with van der Waals surface area (Å²) in [6.07, 6.45) is 1.00. The molecule has 0 bridgehead atoms. The average molecular weight is 512 g/mol. The Morgan fingerprint density at radius 2 is 1.71 bits per heavy atom. The second-order valence-corrected chi connectivity index (χ2v) is 10.9. The number of benzene rings is 2. The molecule has 0 aliphatic rings. The molecule has 1 N–H and O–H groups in total. The van der Waals surface area contributed by atoms with E-state index in [1.807, 2.05) is 13.8 Å². The van der Waals surface area contributed by atoms with Gasteiger partial charge < -0.3 is 10.2 Å². The summed E-state index contributed by atoms with van der Waals surface area (Å²) in [6, 6.07) is 9.47. The standard InChI is InChI=1S/C24H31ClFN3O4S/c1-16(2)13-27-24(31)18(4)28(14-19-9-11-20(26)12-10-19)23(30)15-29(34(5,32)33)22-8-6-7-21(25)17(22)3/h6-12,16,18H,13-15H2,1-5H3,(H,27,31)/t18-/m0/s1. The molecule has 0 aliphatic heterocycles. The van der Waals surface area contributed by atoms with Crippen LogP contribution in [0.15, 0.2) is 42.5 Å². The van der Waals surface area contributed by atoms with Crippen molar-refractivity contribution >= 4 is 39.1 Å². The van der Waals surface area contributed by atoms with Crippen LogP contribution in [0.1, 0.15) is 31.9 Å². The molecule has 2 rings (SSSR count). The third-order valence-corrected chi connectivity index (χ3v) is 6.84. The van der Waals surface area contributed by atoms with Crippen molar-refractivity contribution < 1.29 is 22.4 Å². The van der Waals surface area contributed by atoms with Crippen LogP contribution in [0.4, 0.5) is 10.1 Å². The van der Waals surface area contributed by atoms with E-state index < -0.39 is 34.3 Å². The zero-order chi connectivity index (χ0) is 25.6. The Balaban J connectivity index is 2.40. The molecule has 10 heteroatoms. The molecule has 2 amide bonds. The monoisotopic (exact) mass is 511 g/mol. The highest BCUT2D eigenvalue weighted by atomic mass is 35.5. The van der Waals surface area contributed by atoms with Gasteiger partial charge in [-0.05, 0) is 55.2 Å². The Labute approximate surface area is 205 Å². The number of nitrogens with zero attached hydrogens (tertiary/aromatic N) is 2. The van der Waals surface area contributed by atoms with Crippen LogP contribution in [-0.4, -0.2) is 50.5 Å². The van der Waals surface area contributed by atoms with E-state index >= 15 is 0 Å². The van der Waals surface area contributed by atoms with Crippen molar-refractivity contribution in [2.45, 2.75) is 40.3 Å². The van der Waals surface area contributed by atoms with Crippen molar-refractivity contribution in [2.24, 2.45) is 5.92 Å². The summed E-state index contributed by atoms with van der Waals surface area (Å²) >= 11 is 6.18. The Kier molecular flexibility index (Phi) is 9.46. The van der Waals surface area contributed by atoms with Crippen molar-refractivity contribution in [3.05, 3.63) is 64.4 Å². The Bertz CT molecular complexity index is 1120. The minimum Gasteiger partial charge on any atom is -0.354 e. The quantitative estimate of drug-likeness (QED) is 0.526. The fourth-order valence-electron chi connectivity index (χ4n) is 3.28.